The molecular formula is C95H169NO18. The predicted octanol–water partition coefficient (Wildman–Crippen LogP) is 18.2. The molecule has 3 fully saturated rings. The highest BCUT2D eigenvalue weighted by Crippen LogP contribution is 2.34. The molecule has 17 unspecified atom stereocenters. The summed E-state index contributed by atoms with van der Waals surface area (Å²) in [7, 11) is 0. The van der Waals surface area contributed by atoms with E-state index >= 15 is 0 Å². The summed E-state index contributed by atoms with van der Waals surface area (Å²) in [5.74, 6) is -0.271. The van der Waals surface area contributed by atoms with E-state index in [9.17, 15) is 61.0 Å². The van der Waals surface area contributed by atoms with Crippen molar-refractivity contribution < 1.29 is 89.4 Å². The number of carbonyl (C=O) groups is 1. The summed E-state index contributed by atoms with van der Waals surface area (Å²) in [5, 5.41) is 121. The van der Waals surface area contributed by atoms with Gasteiger partial charge in [0.15, 0.2) is 18.9 Å². The van der Waals surface area contributed by atoms with Crippen molar-refractivity contribution >= 4 is 5.91 Å². The molecule has 3 heterocycles. The molecule has 17 atom stereocenters. The number of hydrogen-bond donors (Lipinski definition) is 12. The summed E-state index contributed by atoms with van der Waals surface area (Å²) >= 11 is 0. The molecule has 662 valence electrons. The van der Waals surface area contributed by atoms with E-state index < -0.39 is 124 Å². The van der Waals surface area contributed by atoms with Gasteiger partial charge in [0.25, 0.3) is 0 Å². The molecule has 0 radical (unpaired) electrons. The molecule has 19 heteroatoms. The zero-order chi connectivity index (χ0) is 82.4. The smallest absolute Gasteiger partial charge is 0.220 e. The molecular weight excluding hydrogens is 1440 g/mol. The fourth-order valence-corrected chi connectivity index (χ4v) is 15.3. The van der Waals surface area contributed by atoms with E-state index in [1.165, 1.54) is 250 Å². The van der Waals surface area contributed by atoms with Crippen molar-refractivity contribution in [2.45, 2.75) is 471 Å². The molecule has 0 aromatic heterocycles. The van der Waals surface area contributed by atoms with Gasteiger partial charge < -0.3 is 89.9 Å². The third kappa shape index (κ3) is 51.4. The van der Waals surface area contributed by atoms with Crippen LogP contribution < -0.4 is 5.32 Å². The van der Waals surface area contributed by atoms with Crippen molar-refractivity contribution in [2.75, 3.05) is 26.4 Å². The van der Waals surface area contributed by atoms with Gasteiger partial charge in [0.05, 0.1) is 38.6 Å². The van der Waals surface area contributed by atoms with Crippen LogP contribution in [-0.2, 0) is 33.2 Å². The van der Waals surface area contributed by atoms with Gasteiger partial charge in [-0.15, -0.1) is 0 Å². The molecule has 3 rings (SSSR count). The van der Waals surface area contributed by atoms with Gasteiger partial charge in [-0.2, -0.15) is 0 Å². The molecule has 12 N–H and O–H groups in total. The van der Waals surface area contributed by atoms with Crippen molar-refractivity contribution in [3.63, 3.8) is 0 Å². The summed E-state index contributed by atoms with van der Waals surface area (Å²) in [5.41, 5.74) is 0. The van der Waals surface area contributed by atoms with E-state index in [1.54, 1.807) is 6.08 Å². The van der Waals surface area contributed by atoms with Crippen molar-refractivity contribution in [1.82, 2.24) is 5.32 Å². The lowest BCUT2D eigenvalue weighted by Crippen LogP contribution is -2.66. The Labute approximate surface area is 692 Å². The minimum absolute atomic E-state index is 0.243. The maximum Gasteiger partial charge on any atom is 0.220 e. The molecule has 0 aliphatic carbocycles. The largest absolute Gasteiger partial charge is 0.394 e. The van der Waals surface area contributed by atoms with E-state index in [1.807, 2.05) is 6.08 Å². The molecule has 0 spiro atoms. The van der Waals surface area contributed by atoms with Crippen LogP contribution in [0.5, 0.6) is 0 Å². The highest BCUT2D eigenvalue weighted by atomic mass is 16.8. The second kappa shape index (κ2) is 73.6. The molecule has 19 nitrogen and oxygen atoms in total. The third-order valence-electron chi connectivity index (χ3n) is 22.6. The van der Waals surface area contributed by atoms with Gasteiger partial charge in [-0.3, -0.25) is 4.79 Å². The summed E-state index contributed by atoms with van der Waals surface area (Å²) in [4.78, 5) is 13.5. The number of nitrogens with one attached hydrogen (secondary N) is 1. The zero-order valence-corrected chi connectivity index (χ0v) is 71.5. The minimum atomic E-state index is -1.98. The number of ether oxygens (including phenoxy) is 6. The van der Waals surface area contributed by atoms with Crippen LogP contribution in [0.4, 0.5) is 0 Å². The molecule has 3 saturated heterocycles. The fourth-order valence-electron chi connectivity index (χ4n) is 15.3. The molecule has 3 aliphatic rings. The van der Waals surface area contributed by atoms with E-state index in [4.69, 9.17) is 28.4 Å². The van der Waals surface area contributed by atoms with Gasteiger partial charge >= 0.3 is 0 Å². The number of rotatable bonds is 75. The number of amides is 1. The van der Waals surface area contributed by atoms with Gasteiger partial charge in [0.1, 0.15) is 73.2 Å². The van der Waals surface area contributed by atoms with Crippen LogP contribution in [-0.4, -0.2) is 193 Å². The van der Waals surface area contributed by atoms with Crippen LogP contribution in [0, 0.1) is 0 Å². The Kier molecular flexibility index (Phi) is 67.7. The first-order valence-corrected chi connectivity index (χ1v) is 46.5. The number of aliphatic hydroxyl groups is 11. The number of carbonyl (C=O) groups excluding carboxylic acids is 1. The fraction of sp³-hybridized carbons (Fsp3) is 0.821. The maximum absolute atomic E-state index is 13.5. The second-order valence-electron chi connectivity index (χ2n) is 32.7. The number of allylic oxidation sites excluding steroid dienone is 15. The Morgan fingerprint density at radius 2 is 0.605 bits per heavy atom. The van der Waals surface area contributed by atoms with Gasteiger partial charge in [0, 0.05) is 6.42 Å². The summed E-state index contributed by atoms with van der Waals surface area (Å²) in [6.07, 6.45) is 75.6. The van der Waals surface area contributed by atoms with Crippen molar-refractivity contribution in [3.05, 3.63) is 97.2 Å². The van der Waals surface area contributed by atoms with Gasteiger partial charge in [-0.25, -0.2) is 0 Å². The molecule has 3 aliphatic heterocycles. The second-order valence-corrected chi connectivity index (χ2v) is 32.7. The first kappa shape index (κ1) is 105. The number of unbranched alkanes of at least 4 members (excludes halogenated alkanes) is 45. The Morgan fingerprint density at radius 3 is 0.947 bits per heavy atom. The lowest BCUT2D eigenvalue weighted by molar-refractivity contribution is -0.379. The van der Waals surface area contributed by atoms with Gasteiger partial charge in [0.2, 0.25) is 5.91 Å². The topological polar surface area (TPSA) is 307 Å². The highest BCUT2D eigenvalue weighted by molar-refractivity contribution is 5.76. The molecule has 1 amide bonds. The average molecular weight is 1610 g/mol. The van der Waals surface area contributed by atoms with Crippen LogP contribution in [0.15, 0.2) is 97.2 Å². The quantitative estimate of drug-likeness (QED) is 0.0199. The van der Waals surface area contributed by atoms with Gasteiger partial charge in [-0.05, 0) is 77.0 Å². The normalized spacial score (nSPS) is 25.1. The van der Waals surface area contributed by atoms with Crippen LogP contribution in [0.2, 0.25) is 0 Å². The first-order chi connectivity index (χ1) is 55.8. The monoisotopic (exact) mass is 1610 g/mol. The third-order valence-corrected chi connectivity index (χ3v) is 22.6. The molecule has 0 aromatic carbocycles. The van der Waals surface area contributed by atoms with E-state index in [0.717, 1.165) is 89.9 Å². The van der Waals surface area contributed by atoms with Crippen molar-refractivity contribution in [2.24, 2.45) is 0 Å². The Bertz CT molecular complexity index is 2430. The predicted molar refractivity (Wildman–Crippen MR) is 461 cm³/mol. The van der Waals surface area contributed by atoms with Crippen LogP contribution in [0.25, 0.3) is 0 Å². The summed E-state index contributed by atoms with van der Waals surface area (Å²) in [6.45, 7) is 1.67. The summed E-state index contributed by atoms with van der Waals surface area (Å²) < 4.78 is 34.5. The average Bonchev–Trinajstić information content (AvgIpc) is 0.782. The minimum Gasteiger partial charge on any atom is -0.394 e. The summed E-state index contributed by atoms with van der Waals surface area (Å²) in [6, 6.07) is -0.978. The van der Waals surface area contributed by atoms with E-state index in [0.29, 0.717) is 6.42 Å². The number of aliphatic hydroxyl groups excluding tert-OH is 11. The first-order valence-electron chi connectivity index (χ1n) is 46.5. The van der Waals surface area contributed by atoms with E-state index in [2.05, 4.69) is 104 Å². The van der Waals surface area contributed by atoms with Crippen LogP contribution >= 0.6 is 0 Å². The molecule has 0 saturated carbocycles. The van der Waals surface area contributed by atoms with E-state index in [-0.39, 0.29) is 18.9 Å². The Morgan fingerprint density at radius 1 is 0.325 bits per heavy atom. The Balaban J connectivity index is 1.30. The van der Waals surface area contributed by atoms with Crippen molar-refractivity contribution in [1.29, 1.82) is 0 Å². The Hall–Kier alpha value is -3.29. The lowest BCUT2D eigenvalue weighted by Gasteiger charge is -2.48. The van der Waals surface area contributed by atoms with Gasteiger partial charge in [-0.1, -0.05) is 381 Å². The lowest BCUT2D eigenvalue weighted by atomic mass is 9.96. The van der Waals surface area contributed by atoms with Crippen molar-refractivity contribution in [3.8, 4) is 0 Å². The maximum atomic E-state index is 13.5. The standard InChI is InChI=1S/C95H169NO18/c1-3-5-7-9-11-13-15-17-19-21-23-25-27-29-31-33-34-35-36-37-38-39-40-41-42-43-44-45-47-49-51-53-55-57-59-61-63-65-67-69-71-73-83(101)96-78(79(100)72-70-68-66-64-62-60-58-56-54-52-50-48-46-32-30-28-26-24-22-20-18-16-14-12-10-8-6-4-2)77-109-93-89(107)86(104)91(81(75-98)111-93)114-95-90(108)87(105)92(82(76-99)112-95)113-94-88(106)85(103)84(102)80(74-97)110-94/h5,7,11,13,17,19,23,25,29,31,34-35,37-38,70,72,78-82,84-95,97-100,102-108H,3-4,6,8-10,12,14-16,18,20-22,24,26-28,30,32-33,36,39-69,71,73-77H2,1-2H3,(H,96,101)/b7-5-,13-11-,19-17-,25-23-,31-29-,35-34-,38-37-,72-70+. The number of hydrogen-bond acceptors (Lipinski definition) is 18. The zero-order valence-electron chi connectivity index (χ0n) is 71.5. The molecule has 114 heavy (non-hydrogen) atoms. The van der Waals surface area contributed by atoms with Crippen LogP contribution in [0.1, 0.15) is 367 Å². The molecule has 0 bridgehead atoms. The SMILES string of the molecule is CC/C=C\C/C=C\C/C=C\C/C=C\C/C=C\C/C=C\C/C=C\CCCCCCCCCCCCCCCCCCCCCC(=O)NC(COC1OC(CO)C(OC2OC(CO)C(OC3OC(CO)C(O)C(O)C3O)C(O)C2O)C(O)C1O)C(O)/C=C/CCCCCCCCCCCCCCCCCCCCCCCCCCCC. The van der Waals surface area contributed by atoms with Crippen LogP contribution in [0.3, 0.4) is 0 Å². The highest BCUT2D eigenvalue weighted by Gasteiger charge is 2.54. The molecule has 0 aromatic rings.